The summed E-state index contributed by atoms with van der Waals surface area (Å²) in [5.41, 5.74) is 2.38. The highest BCUT2D eigenvalue weighted by Gasteiger charge is 2.14. The number of likely N-dealkylation sites (N-methyl/N-ethyl adjacent to an activating group) is 1. The molecule has 1 aromatic carbocycles. The van der Waals surface area contributed by atoms with Gasteiger partial charge in [0.15, 0.2) is 5.82 Å². The zero-order chi connectivity index (χ0) is 17.4. The lowest BCUT2D eigenvalue weighted by atomic mass is 10.3. The molecule has 1 aromatic heterocycles. The van der Waals surface area contributed by atoms with E-state index in [4.69, 9.17) is 27.0 Å². The fourth-order valence-electron chi connectivity index (χ4n) is 1.84. The summed E-state index contributed by atoms with van der Waals surface area (Å²) in [6.45, 7) is 2.76. The van der Waals surface area contributed by atoms with Crippen molar-refractivity contribution < 1.29 is 14.7 Å². The molecule has 0 aliphatic carbocycles. The van der Waals surface area contributed by atoms with E-state index >= 15 is 0 Å². The molecule has 1 unspecified atom stereocenters. The number of benzene rings is 1. The summed E-state index contributed by atoms with van der Waals surface area (Å²) in [7, 11) is 0. The minimum Gasteiger partial charge on any atom is -0.489 e. The van der Waals surface area contributed by atoms with Crippen molar-refractivity contribution in [3.05, 3.63) is 41.4 Å². The Morgan fingerprint density at radius 1 is 1.23 bits per heavy atom. The number of nitrogens with one attached hydrogen (secondary N) is 1. The number of nitrogens with zero attached hydrogens (tertiary/aromatic N) is 3. The van der Waals surface area contributed by atoms with Crippen LogP contribution >= 0.6 is 36.4 Å². The number of aromatic nitrogens is 2. The maximum Gasteiger partial charge on any atom is 0.257 e. The van der Waals surface area contributed by atoms with Gasteiger partial charge in [-0.05, 0) is 25.1 Å². The number of aliphatic hydroxyl groups is 1. The third-order valence-electron chi connectivity index (χ3n) is 3.05. The van der Waals surface area contributed by atoms with E-state index in [1.807, 2.05) is 19.1 Å². The molecular weight excluding hydrogens is 405 g/mol. The van der Waals surface area contributed by atoms with Crippen molar-refractivity contribution in [2.75, 3.05) is 25.1 Å². The molecule has 2 rings (SSSR count). The van der Waals surface area contributed by atoms with Gasteiger partial charge in [0.2, 0.25) is 0 Å². The molecule has 0 amide bonds. The first-order chi connectivity index (χ1) is 11.6. The molecule has 146 valence electrons. The van der Waals surface area contributed by atoms with Crippen molar-refractivity contribution in [3.8, 4) is 11.6 Å². The predicted octanol–water partition coefficient (Wildman–Crippen LogP) is 2.31. The lowest BCUT2D eigenvalue weighted by Gasteiger charge is -2.23. The second kappa shape index (κ2) is 12.7. The van der Waals surface area contributed by atoms with Crippen LogP contribution < -0.4 is 20.8 Å². The van der Waals surface area contributed by atoms with Gasteiger partial charge in [0.1, 0.15) is 18.5 Å². The van der Waals surface area contributed by atoms with Crippen LogP contribution in [0.25, 0.3) is 0 Å². The normalized spacial score (nSPS) is 11.1. The molecule has 4 N–H and O–H groups in total. The van der Waals surface area contributed by atoms with Crippen LogP contribution in [0.15, 0.2) is 36.4 Å². The van der Waals surface area contributed by atoms with E-state index in [1.165, 1.54) is 0 Å². The van der Waals surface area contributed by atoms with E-state index in [0.717, 1.165) is 0 Å². The number of nitrogen functional groups attached to an aromatic ring is 1. The van der Waals surface area contributed by atoms with Gasteiger partial charge in [-0.15, -0.1) is 40.1 Å². The second-order valence-electron chi connectivity index (χ2n) is 4.87. The SMILES string of the molecule is CCN(CC(O)COc1ccccc1Cl)Oc1ccc(NN)nn1.Cl.Cl. The number of hydrogen-bond donors (Lipinski definition) is 3. The third kappa shape index (κ3) is 7.77. The lowest BCUT2D eigenvalue weighted by molar-refractivity contribution is -0.0896. The van der Waals surface area contributed by atoms with Gasteiger partial charge in [-0.1, -0.05) is 23.7 Å². The summed E-state index contributed by atoms with van der Waals surface area (Å²) in [5, 5.41) is 19.8. The third-order valence-corrected chi connectivity index (χ3v) is 3.36. The fraction of sp³-hybridized carbons (Fsp3) is 0.333. The quantitative estimate of drug-likeness (QED) is 0.414. The van der Waals surface area contributed by atoms with Gasteiger partial charge in [0, 0.05) is 12.6 Å². The standard InChI is InChI=1S/C15H20ClN5O3.2ClH/c1-2-21(24-15-8-7-14(18-17)19-20-15)9-11(22)10-23-13-6-4-3-5-12(13)16;;/h3-8,11,22H,2,9-10,17H2,1H3,(H,18,19);2*1H. The number of nitrogens with two attached hydrogens (primary N) is 1. The van der Waals surface area contributed by atoms with Crippen LogP contribution in [0.1, 0.15) is 6.92 Å². The number of aliphatic hydroxyl groups excluding tert-OH is 1. The Morgan fingerprint density at radius 3 is 2.54 bits per heavy atom. The topological polar surface area (TPSA) is 106 Å². The summed E-state index contributed by atoms with van der Waals surface area (Å²) in [4.78, 5) is 5.56. The molecule has 11 heteroatoms. The average Bonchev–Trinajstić information content (AvgIpc) is 2.61. The summed E-state index contributed by atoms with van der Waals surface area (Å²) < 4.78 is 5.51. The van der Waals surface area contributed by atoms with E-state index in [9.17, 15) is 5.11 Å². The summed E-state index contributed by atoms with van der Waals surface area (Å²) in [6.07, 6.45) is -0.765. The maximum absolute atomic E-state index is 10.1. The number of ether oxygens (including phenoxy) is 1. The van der Waals surface area contributed by atoms with Crippen LogP contribution in [0.2, 0.25) is 5.02 Å². The highest BCUT2D eigenvalue weighted by atomic mass is 35.5. The van der Waals surface area contributed by atoms with Crippen LogP contribution in [0.5, 0.6) is 11.6 Å². The van der Waals surface area contributed by atoms with Gasteiger partial charge in [-0.25, -0.2) is 5.84 Å². The largest absolute Gasteiger partial charge is 0.489 e. The van der Waals surface area contributed by atoms with E-state index in [-0.39, 0.29) is 38.0 Å². The molecule has 8 nitrogen and oxygen atoms in total. The molecule has 0 radical (unpaired) electrons. The van der Waals surface area contributed by atoms with Crippen molar-refractivity contribution in [2.24, 2.45) is 5.84 Å². The lowest BCUT2D eigenvalue weighted by Crippen LogP contribution is -2.38. The Hall–Kier alpha value is -1.55. The zero-order valence-electron chi connectivity index (χ0n) is 14.0. The minimum atomic E-state index is -0.765. The number of halogens is 3. The Labute approximate surface area is 169 Å². The van der Waals surface area contributed by atoms with Gasteiger partial charge >= 0.3 is 0 Å². The highest BCUT2D eigenvalue weighted by molar-refractivity contribution is 6.32. The van der Waals surface area contributed by atoms with Crippen molar-refractivity contribution in [2.45, 2.75) is 13.0 Å². The summed E-state index contributed by atoms with van der Waals surface area (Å²) in [5.74, 6) is 6.48. The molecular formula is C15H22Cl3N5O3. The monoisotopic (exact) mass is 425 g/mol. The van der Waals surface area contributed by atoms with Crippen LogP contribution in [0, 0.1) is 0 Å². The molecule has 0 fully saturated rings. The number of para-hydroxylation sites is 1. The van der Waals surface area contributed by atoms with Crippen molar-refractivity contribution in [3.63, 3.8) is 0 Å². The summed E-state index contributed by atoms with van der Waals surface area (Å²) in [6, 6.07) is 10.3. The Morgan fingerprint density at radius 2 is 1.96 bits per heavy atom. The predicted molar refractivity (Wildman–Crippen MR) is 105 cm³/mol. The van der Waals surface area contributed by atoms with Gasteiger partial charge in [-0.2, -0.15) is 0 Å². The van der Waals surface area contributed by atoms with E-state index in [2.05, 4.69) is 15.6 Å². The molecule has 0 aliphatic heterocycles. The van der Waals surface area contributed by atoms with Crippen LogP contribution in [0.3, 0.4) is 0 Å². The maximum atomic E-state index is 10.1. The van der Waals surface area contributed by atoms with Gasteiger partial charge in [0.05, 0.1) is 11.6 Å². The Bertz CT molecular complexity index is 636. The molecule has 0 saturated carbocycles. The van der Waals surface area contributed by atoms with Crippen LogP contribution in [-0.4, -0.2) is 46.2 Å². The number of anilines is 1. The van der Waals surface area contributed by atoms with Crippen molar-refractivity contribution in [1.29, 1.82) is 0 Å². The second-order valence-corrected chi connectivity index (χ2v) is 5.28. The molecule has 2 aromatic rings. The number of rotatable bonds is 9. The number of hydrazine groups is 1. The molecule has 0 bridgehead atoms. The Balaban J connectivity index is 0.00000312. The molecule has 0 spiro atoms. The first-order valence-corrected chi connectivity index (χ1v) is 7.78. The fourth-order valence-corrected chi connectivity index (χ4v) is 2.03. The van der Waals surface area contributed by atoms with Crippen LogP contribution in [-0.2, 0) is 0 Å². The number of hydrogen-bond acceptors (Lipinski definition) is 8. The summed E-state index contributed by atoms with van der Waals surface area (Å²) >= 11 is 6.00. The van der Waals surface area contributed by atoms with Gasteiger partial charge < -0.3 is 20.1 Å². The van der Waals surface area contributed by atoms with Gasteiger partial charge in [-0.3, -0.25) is 0 Å². The first kappa shape index (κ1) is 24.5. The zero-order valence-corrected chi connectivity index (χ0v) is 16.4. The van der Waals surface area contributed by atoms with E-state index in [0.29, 0.717) is 29.0 Å². The average molecular weight is 427 g/mol. The van der Waals surface area contributed by atoms with Crippen LogP contribution in [0.4, 0.5) is 5.82 Å². The van der Waals surface area contributed by atoms with Gasteiger partial charge in [0.25, 0.3) is 5.88 Å². The minimum absolute atomic E-state index is 0. The molecule has 1 atom stereocenters. The smallest absolute Gasteiger partial charge is 0.257 e. The van der Waals surface area contributed by atoms with Crippen molar-refractivity contribution in [1.82, 2.24) is 15.3 Å². The van der Waals surface area contributed by atoms with E-state index in [1.54, 1.807) is 29.3 Å². The molecule has 1 heterocycles. The molecule has 0 aliphatic rings. The highest BCUT2D eigenvalue weighted by Crippen LogP contribution is 2.23. The molecule has 26 heavy (non-hydrogen) atoms. The first-order valence-electron chi connectivity index (χ1n) is 7.41. The Kier molecular flexibility index (Phi) is 12.0. The molecule has 0 saturated heterocycles. The number of hydroxylamine groups is 2. The van der Waals surface area contributed by atoms with Crippen molar-refractivity contribution >= 4 is 42.2 Å². The van der Waals surface area contributed by atoms with E-state index < -0.39 is 6.10 Å².